The fraction of sp³-hybridized carbons (Fsp3) is 0.545. The zero-order chi connectivity index (χ0) is 21.7. The third-order valence-corrected chi connectivity index (χ3v) is 5.71. The fourth-order valence-electron chi connectivity index (χ4n) is 2.89. The lowest BCUT2D eigenvalue weighted by Crippen LogP contribution is -2.12. The molecule has 0 aliphatic carbocycles. The van der Waals surface area contributed by atoms with E-state index >= 15 is 0 Å². The highest BCUT2D eigenvalue weighted by atomic mass is 32.2. The standard InChI is InChI=1S/C22H31N5O2S/c1-7-17-8-10-18(11-9-17)28-13-19-24-25-22(27(19)12-14(2)3)30-16(6)21-23-20(15(4)5)26-29-21/h8-11,14-16H,7,12-13H2,1-6H3. The molecule has 3 rings (SSSR count). The first-order valence-electron chi connectivity index (χ1n) is 10.5. The Labute approximate surface area is 182 Å². The zero-order valence-corrected chi connectivity index (χ0v) is 19.4. The largest absolute Gasteiger partial charge is 0.486 e. The molecular weight excluding hydrogens is 398 g/mol. The third-order valence-electron chi connectivity index (χ3n) is 4.64. The first-order chi connectivity index (χ1) is 14.4. The van der Waals surface area contributed by atoms with E-state index in [4.69, 9.17) is 9.26 Å². The quantitative estimate of drug-likeness (QED) is 0.397. The van der Waals surface area contributed by atoms with Crippen molar-refractivity contribution in [3.05, 3.63) is 47.4 Å². The smallest absolute Gasteiger partial charge is 0.239 e. The molecule has 0 saturated heterocycles. The van der Waals surface area contributed by atoms with Crippen molar-refractivity contribution in [2.45, 2.75) is 77.4 Å². The van der Waals surface area contributed by atoms with Gasteiger partial charge in [-0.2, -0.15) is 4.98 Å². The average Bonchev–Trinajstić information content (AvgIpc) is 3.35. The number of aryl methyl sites for hydroxylation is 1. The van der Waals surface area contributed by atoms with Crippen LogP contribution in [-0.2, 0) is 19.6 Å². The number of hydrogen-bond acceptors (Lipinski definition) is 7. The van der Waals surface area contributed by atoms with Crippen LogP contribution in [-0.4, -0.2) is 24.9 Å². The predicted molar refractivity (Wildman–Crippen MR) is 118 cm³/mol. The summed E-state index contributed by atoms with van der Waals surface area (Å²) in [4.78, 5) is 4.51. The van der Waals surface area contributed by atoms with Crippen LogP contribution in [0.4, 0.5) is 0 Å². The van der Waals surface area contributed by atoms with E-state index in [1.807, 2.05) is 32.9 Å². The van der Waals surface area contributed by atoms with E-state index in [9.17, 15) is 0 Å². The molecule has 162 valence electrons. The van der Waals surface area contributed by atoms with Gasteiger partial charge in [-0.3, -0.25) is 0 Å². The molecule has 1 aromatic carbocycles. The maximum absolute atomic E-state index is 5.97. The molecule has 0 N–H and O–H groups in total. The van der Waals surface area contributed by atoms with E-state index in [1.165, 1.54) is 5.56 Å². The molecule has 0 spiro atoms. The molecule has 0 aliphatic rings. The average molecular weight is 430 g/mol. The van der Waals surface area contributed by atoms with Crippen molar-refractivity contribution >= 4 is 11.8 Å². The first kappa shape index (κ1) is 22.3. The van der Waals surface area contributed by atoms with Crippen molar-refractivity contribution in [2.24, 2.45) is 5.92 Å². The summed E-state index contributed by atoms with van der Waals surface area (Å²) < 4.78 is 13.6. The summed E-state index contributed by atoms with van der Waals surface area (Å²) in [5, 5.41) is 13.7. The van der Waals surface area contributed by atoms with E-state index in [1.54, 1.807) is 11.8 Å². The summed E-state index contributed by atoms with van der Waals surface area (Å²) in [6.45, 7) is 13.8. The van der Waals surface area contributed by atoms with Crippen molar-refractivity contribution < 1.29 is 9.26 Å². The van der Waals surface area contributed by atoms with E-state index in [2.05, 4.69) is 57.8 Å². The second-order valence-electron chi connectivity index (χ2n) is 8.10. The number of benzene rings is 1. The van der Waals surface area contributed by atoms with Gasteiger partial charge in [0.1, 0.15) is 12.4 Å². The van der Waals surface area contributed by atoms with Gasteiger partial charge in [0.25, 0.3) is 0 Å². The van der Waals surface area contributed by atoms with Gasteiger partial charge >= 0.3 is 0 Å². The van der Waals surface area contributed by atoms with Crippen molar-refractivity contribution in [2.75, 3.05) is 0 Å². The van der Waals surface area contributed by atoms with Gasteiger partial charge < -0.3 is 13.8 Å². The highest BCUT2D eigenvalue weighted by molar-refractivity contribution is 7.99. The van der Waals surface area contributed by atoms with Gasteiger partial charge in [-0.05, 0) is 37.0 Å². The molecule has 1 unspecified atom stereocenters. The molecule has 0 aliphatic heterocycles. The number of ether oxygens (including phenoxy) is 1. The van der Waals surface area contributed by atoms with E-state index in [-0.39, 0.29) is 11.2 Å². The summed E-state index contributed by atoms with van der Waals surface area (Å²) in [6, 6.07) is 8.18. The van der Waals surface area contributed by atoms with Crippen LogP contribution < -0.4 is 4.74 Å². The Hall–Kier alpha value is -2.35. The summed E-state index contributed by atoms with van der Waals surface area (Å²) in [6.07, 6.45) is 1.01. The van der Waals surface area contributed by atoms with Crippen molar-refractivity contribution in [3.63, 3.8) is 0 Å². The number of hydrogen-bond donors (Lipinski definition) is 0. The predicted octanol–water partition coefficient (Wildman–Crippen LogP) is 5.44. The Morgan fingerprint density at radius 2 is 1.80 bits per heavy atom. The highest BCUT2D eigenvalue weighted by Gasteiger charge is 2.22. The van der Waals surface area contributed by atoms with Gasteiger partial charge in [0.15, 0.2) is 16.8 Å². The highest BCUT2D eigenvalue weighted by Crippen LogP contribution is 2.34. The number of aromatic nitrogens is 5. The molecule has 3 aromatic rings. The summed E-state index contributed by atoms with van der Waals surface area (Å²) in [7, 11) is 0. The number of rotatable bonds is 10. The summed E-state index contributed by atoms with van der Waals surface area (Å²) >= 11 is 1.58. The fourth-order valence-corrected chi connectivity index (χ4v) is 3.79. The molecule has 1 atom stereocenters. The summed E-state index contributed by atoms with van der Waals surface area (Å²) in [5.41, 5.74) is 1.29. The maximum Gasteiger partial charge on any atom is 0.239 e. The van der Waals surface area contributed by atoms with E-state index < -0.39 is 0 Å². The molecule has 8 heteroatoms. The molecule has 0 bridgehead atoms. The van der Waals surface area contributed by atoms with Crippen LogP contribution in [0.1, 0.15) is 75.8 Å². The van der Waals surface area contributed by atoms with Crippen molar-refractivity contribution in [1.29, 1.82) is 0 Å². The van der Waals surface area contributed by atoms with Crippen LogP contribution in [0.25, 0.3) is 0 Å². The van der Waals surface area contributed by atoms with Crippen LogP contribution >= 0.6 is 11.8 Å². The molecular formula is C22H31N5O2S. The minimum absolute atomic E-state index is 0.0181. The SMILES string of the molecule is CCc1ccc(OCc2nnc(SC(C)c3nc(C(C)C)no3)n2CC(C)C)cc1. The van der Waals surface area contributed by atoms with Crippen LogP contribution in [0.2, 0.25) is 0 Å². The van der Waals surface area contributed by atoms with E-state index in [0.29, 0.717) is 18.4 Å². The Balaban J connectivity index is 1.73. The zero-order valence-electron chi connectivity index (χ0n) is 18.6. The van der Waals surface area contributed by atoms with Gasteiger partial charge in [-0.25, -0.2) is 0 Å². The normalized spacial score (nSPS) is 12.7. The first-order valence-corrected chi connectivity index (χ1v) is 11.4. The number of thioether (sulfide) groups is 1. The van der Waals surface area contributed by atoms with Crippen LogP contribution in [0, 0.1) is 5.92 Å². The van der Waals surface area contributed by atoms with Crippen molar-refractivity contribution in [1.82, 2.24) is 24.9 Å². The molecule has 0 radical (unpaired) electrons. The topological polar surface area (TPSA) is 78.9 Å². The lowest BCUT2D eigenvalue weighted by molar-refractivity contribution is 0.284. The monoisotopic (exact) mass is 429 g/mol. The second kappa shape index (κ2) is 10.1. The molecule has 2 heterocycles. The van der Waals surface area contributed by atoms with Gasteiger partial charge in [0, 0.05) is 12.5 Å². The third kappa shape index (κ3) is 5.62. The van der Waals surface area contributed by atoms with Crippen LogP contribution in [0.15, 0.2) is 33.9 Å². The lowest BCUT2D eigenvalue weighted by Gasteiger charge is -2.14. The molecule has 0 saturated carbocycles. The lowest BCUT2D eigenvalue weighted by atomic mass is 10.2. The maximum atomic E-state index is 5.97. The van der Waals surface area contributed by atoms with Crippen molar-refractivity contribution in [3.8, 4) is 5.75 Å². The Kier molecular flexibility index (Phi) is 7.53. The van der Waals surface area contributed by atoms with Gasteiger partial charge in [-0.15, -0.1) is 10.2 Å². The van der Waals surface area contributed by atoms with Crippen LogP contribution in [0.3, 0.4) is 0 Å². The second-order valence-corrected chi connectivity index (χ2v) is 9.40. The molecule has 30 heavy (non-hydrogen) atoms. The van der Waals surface area contributed by atoms with E-state index in [0.717, 1.165) is 35.5 Å². The molecule has 7 nitrogen and oxygen atoms in total. The molecule has 0 fully saturated rings. The minimum atomic E-state index is -0.0181. The molecule has 0 amide bonds. The Morgan fingerprint density at radius 1 is 1.07 bits per heavy atom. The Bertz CT molecular complexity index is 933. The summed E-state index contributed by atoms with van der Waals surface area (Å²) in [5.74, 6) is 3.67. The van der Waals surface area contributed by atoms with Crippen LogP contribution in [0.5, 0.6) is 5.75 Å². The van der Waals surface area contributed by atoms with Gasteiger partial charge in [-0.1, -0.05) is 63.7 Å². The Morgan fingerprint density at radius 3 is 2.40 bits per heavy atom. The minimum Gasteiger partial charge on any atom is -0.486 e. The van der Waals surface area contributed by atoms with Gasteiger partial charge in [0.05, 0.1) is 5.25 Å². The molecule has 2 aromatic heterocycles. The van der Waals surface area contributed by atoms with Gasteiger partial charge in [0.2, 0.25) is 5.89 Å². The number of nitrogens with zero attached hydrogens (tertiary/aromatic N) is 5.